The highest BCUT2D eigenvalue weighted by Crippen LogP contribution is 2.40. The molecule has 0 spiro atoms. The highest BCUT2D eigenvalue weighted by Gasteiger charge is 2.33. The average molecular weight is 226 g/mol. The lowest BCUT2D eigenvalue weighted by atomic mass is 9.70. The summed E-state index contributed by atoms with van der Waals surface area (Å²) in [5.74, 6) is 0.850. The highest BCUT2D eigenvalue weighted by atomic mass is 15.1. The lowest BCUT2D eigenvalue weighted by Crippen LogP contribution is -2.43. The lowest BCUT2D eigenvalue weighted by molar-refractivity contribution is 0.0762. The normalized spacial score (nSPS) is 29.6. The van der Waals surface area contributed by atoms with Crippen LogP contribution in [0.1, 0.15) is 46.5 Å². The summed E-state index contributed by atoms with van der Waals surface area (Å²) in [5.41, 5.74) is 0.571. The maximum Gasteiger partial charge on any atom is 0.0118 e. The molecule has 0 heterocycles. The first-order valence-electron chi connectivity index (χ1n) is 6.81. The third-order valence-corrected chi connectivity index (χ3v) is 4.15. The van der Waals surface area contributed by atoms with Crippen LogP contribution in [0, 0.1) is 11.3 Å². The Labute approximate surface area is 102 Å². The van der Waals surface area contributed by atoms with Crippen LogP contribution in [0.15, 0.2) is 0 Å². The Hall–Kier alpha value is -0.0800. The summed E-state index contributed by atoms with van der Waals surface area (Å²) in [7, 11) is 4.33. The summed E-state index contributed by atoms with van der Waals surface area (Å²) in [5, 5.41) is 3.22. The van der Waals surface area contributed by atoms with E-state index in [0.29, 0.717) is 5.41 Å². The number of hydrogen-bond donors (Lipinski definition) is 1. The van der Waals surface area contributed by atoms with E-state index in [1.165, 1.54) is 32.2 Å². The summed E-state index contributed by atoms with van der Waals surface area (Å²) in [6.45, 7) is 9.63. The molecule has 2 heteroatoms. The first kappa shape index (κ1) is 14.0. The van der Waals surface area contributed by atoms with Gasteiger partial charge in [0.2, 0.25) is 0 Å². The molecule has 0 aliphatic heterocycles. The second-order valence-corrected chi connectivity index (χ2v) is 6.39. The Morgan fingerprint density at radius 3 is 2.62 bits per heavy atom. The molecule has 0 aromatic carbocycles. The van der Waals surface area contributed by atoms with Crippen LogP contribution < -0.4 is 5.32 Å². The smallest absolute Gasteiger partial charge is 0.0118 e. The van der Waals surface area contributed by atoms with Crippen molar-refractivity contribution in [2.45, 2.75) is 52.5 Å². The topological polar surface area (TPSA) is 15.3 Å². The van der Waals surface area contributed by atoms with Crippen molar-refractivity contribution in [1.82, 2.24) is 10.2 Å². The molecular weight excluding hydrogens is 196 g/mol. The Morgan fingerprint density at radius 2 is 2.06 bits per heavy atom. The van der Waals surface area contributed by atoms with E-state index in [-0.39, 0.29) is 0 Å². The fourth-order valence-corrected chi connectivity index (χ4v) is 3.26. The Balaban J connectivity index is 2.36. The summed E-state index contributed by atoms with van der Waals surface area (Å²) in [6.07, 6.45) is 5.41. The highest BCUT2D eigenvalue weighted by molar-refractivity contribution is 4.87. The van der Waals surface area contributed by atoms with Crippen molar-refractivity contribution in [3.8, 4) is 0 Å². The van der Waals surface area contributed by atoms with Crippen LogP contribution in [0.2, 0.25) is 0 Å². The van der Waals surface area contributed by atoms with Crippen LogP contribution in [0.25, 0.3) is 0 Å². The summed E-state index contributed by atoms with van der Waals surface area (Å²) in [6, 6.07) is 0.810. The van der Waals surface area contributed by atoms with Crippen LogP contribution in [-0.4, -0.2) is 38.1 Å². The molecule has 2 nitrogen and oxygen atoms in total. The summed E-state index contributed by atoms with van der Waals surface area (Å²) >= 11 is 0. The lowest BCUT2D eigenvalue weighted by Gasteiger charge is -2.43. The molecule has 1 N–H and O–H groups in total. The molecule has 0 aromatic heterocycles. The zero-order chi connectivity index (χ0) is 12.2. The minimum Gasteiger partial charge on any atom is -0.320 e. The van der Waals surface area contributed by atoms with Crippen molar-refractivity contribution in [3.05, 3.63) is 0 Å². The predicted octanol–water partition coefficient (Wildman–Crippen LogP) is 2.74. The molecule has 2 atom stereocenters. The SMILES string of the molecule is CNCCCN(C)C1CCC(C)(C)CC1C. The van der Waals surface area contributed by atoms with Crippen LogP contribution in [0.5, 0.6) is 0 Å². The molecule has 96 valence electrons. The third-order valence-electron chi connectivity index (χ3n) is 4.15. The summed E-state index contributed by atoms with van der Waals surface area (Å²) in [4.78, 5) is 2.58. The fourth-order valence-electron chi connectivity index (χ4n) is 3.26. The van der Waals surface area contributed by atoms with Gasteiger partial charge in [-0.1, -0.05) is 20.8 Å². The molecule has 2 unspecified atom stereocenters. The van der Waals surface area contributed by atoms with Gasteiger partial charge in [-0.05, 0) is 64.2 Å². The number of rotatable bonds is 5. The van der Waals surface area contributed by atoms with Crippen molar-refractivity contribution >= 4 is 0 Å². The van der Waals surface area contributed by atoms with Gasteiger partial charge in [0.1, 0.15) is 0 Å². The van der Waals surface area contributed by atoms with Gasteiger partial charge in [0, 0.05) is 6.04 Å². The Kier molecular flexibility index (Phi) is 5.26. The molecule has 0 bridgehead atoms. The number of nitrogens with zero attached hydrogens (tertiary/aromatic N) is 1. The molecule has 0 saturated heterocycles. The molecule has 0 amide bonds. The molecule has 0 radical (unpaired) electrons. The van der Waals surface area contributed by atoms with E-state index in [1.807, 2.05) is 7.05 Å². The minimum atomic E-state index is 0.571. The van der Waals surface area contributed by atoms with Crippen molar-refractivity contribution in [3.63, 3.8) is 0 Å². The predicted molar refractivity (Wildman–Crippen MR) is 71.8 cm³/mol. The van der Waals surface area contributed by atoms with Crippen molar-refractivity contribution < 1.29 is 0 Å². The van der Waals surface area contributed by atoms with E-state index in [4.69, 9.17) is 0 Å². The van der Waals surface area contributed by atoms with E-state index in [9.17, 15) is 0 Å². The molecule has 0 aromatic rings. The Bertz CT molecular complexity index is 201. The van der Waals surface area contributed by atoms with Crippen LogP contribution in [0.3, 0.4) is 0 Å². The van der Waals surface area contributed by atoms with Crippen molar-refractivity contribution in [2.75, 3.05) is 27.2 Å². The van der Waals surface area contributed by atoms with Gasteiger partial charge in [-0.2, -0.15) is 0 Å². The Morgan fingerprint density at radius 1 is 1.38 bits per heavy atom. The van der Waals surface area contributed by atoms with Gasteiger partial charge in [-0.15, -0.1) is 0 Å². The molecule has 16 heavy (non-hydrogen) atoms. The second kappa shape index (κ2) is 6.02. The first-order chi connectivity index (χ1) is 7.46. The van der Waals surface area contributed by atoms with E-state index in [0.717, 1.165) is 18.5 Å². The number of nitrogens with one attached hydrogen (secondary N) is 1. The van der Waals surface area contributed by atoms with Gasteiger partial charge in [0.15, 0.2) is 0 Å². The average Bonchev–Trinajstić information content (AvgIpc) is 2.16. The van der Waals surface area contributed by atoms with Gasteiger partial charge in [-0.25, -0.2) is 0 Å². The maximum atomic E-state index is 3.22. The minimum absolute atomic E-state index is 0.571. The van der Waals surface area contributed by atoms with Crippen LogP contribution in [-0.2, 0) is 0 Å². The van der Waals surface area contributed by atoms with Crippen molar-refractivity contribution in [1.29, 1.82) is 0 Å². The van der Waals surface area contributed by atoms with E-state index in [2.05, 4.69) is 38.0 Å². The van der Waals surface area contributed by atoms with Gasteiger partial charge in [0.25, 0.3) is 0 Å². The number of hydrogen-bond acceptors (Lipinski definition) is 2. The zero-order valence-corrected chi connectivity index (χ0v) is 11.8. The van der Waals surface area contributed by atoms with E-state index >= 15 is 0 Å². The molecular formula is C14H30N2. The summed E-state index contributed by atoms with van der Waals surface area (Å²) < 4.78 is 0. The molecule has 1 aliphatic rings. The molecule has 1 saturated carbocycles. The fraction of sp³-hybridized carbons (Fsp3) is 1.00. The monoisotopic (exact) mass is 226 g/mol. The largest absolute Gasteiger partial charge is 0.320 e. The van der Waals surface area contributed by atoms with Gasteiger partial charge in [-0.3, -0.25) is 0 Å². The molecule has 1 rings (SSSR count). The molecule has 1 fully saturated rings. The van der Waals surface area contributed by atoms with Crippen molar-refractivity contribution in [2.24, 2.45) is 11.3 Å². The van der Waals surface area contributed by atoms with Crippen LogP contribution >= 0.6 is 0 Å². The molecule has 1 aliphatic carbocycles. The van der Waals surface area contributed by atoms with Gasteiger partial charge in [0.05, 0.1) is 0 Å². The standard InChI is InChI=1S/C14H30N2/c1-12-11-14(2,3)8-7-13(12)16(5)10-6-9-15-4/h12-13,15H,6-11H2,1-5H3. The first-order valence-corrected chi connectivity index (χ1v) is 6.81. The second-order valence-electron chi connectivity index (χ2n) is 6.39. The quantitative estimate of drug-likeness (QED) is 0.725. The van der Waals surface area contributed by atoms with Gasteiger partial charge < -0.3 is 10.2 Å². The van der Waals surface area contributed by atoms with Crippen LogP contribution in [0.4, 0.5) is 0 Å². The van der Waals surface area contributed by atoms with Gasteiger partial charge >= 0.3 is 0 Å². The van der Waals surface area contributed by atoms with E-state index in [1.54, 1.807) is 0 Å². The maximum absolute atomic E-state index is 3.22. The zero-order valence-electron chi connectivity index (χ0n) is 11.8. The third kappa shape index (κ3) is 4.06. The van der Waals surface area contributed by atoms with E-state index < -0.39 is 0 Å².